The number of hydrogen-bond acceptors (Lipinski definition) is 3. The topological polar surface area (TPSA) is 24.5 Å². The van der Waals surface area contributed by atoms with Gasteiger partial charge < -0.3 is 15.0 Å². The molecule has 0 saturated heterocycles. The maximum absolute atomic E-state index is 5.37. The molecule has 0 unspecified atom stereocenters. The predicted octanol–water partition coefficient (Wildman–Crippen LogP) is 2.12. The van der Waals surface area contributed by atoms with Crippen molar-refractivity contribution >= 4 is 0 Å². The third-order valence-corrected chi connectivity index (χ3v) is 2.71. The van der Waals surface area contributed by atoms with Gasteiger partial charge in [0.1, 0.15) is 0 Å². The Labute approximate surface area is 102 Å². The summed E-state index contributed by atoms with van der Waals surface area (Å²) in [6.45, 7) is 13.9. The summed E-state index contributed by atoms with van der Waals surface area (Å²) < 4.78 is 5.37. The van der Waals surface area contributed by atoms with Gasteiger partial charge >= 0.3 is 0 Å². The third kappa shape index (κ3) is 10.4. The highest BCUT2D eigenvalue weighted by atomic mass is 16.5. The van der Waals surface area contributed by atoms with Crippen molar-refractivity contribution in [2.75, 3.05) is 45.9 Å². The highest BCUT2D eigenvalue weighted by Gasteiger charge is 2.01. The van der Waals surface area contributed by atoms with Gasteiger partial charge in [-0.15, -0.1) is 0 Å². The molecular formula is C13H30N2O. The van der Waals surface area contributed by atoms with Crippen molar-refractivity contribution in [2.24, 2.45) is 0 Å². The average Bonchev–Trinajstić information content (AvgIpc) is 2.31. The molecule has 0 radical (unpaired) electrons. The van der Waals surface area contributed by atoms with Gasteiger partial charge in [0, 0.05) is 13.2 Å². The molecule has 0 spiro atoms. The highest BCUT2D eigenvalue weighted by Crippen LogP contribution is 1.95. The minimum atomic E-state index is 0.832. The lowest BCUT2D eigenvalue weighted by Crippen LogP contribution is -2.29. The number of unbranched alkanes of at least 4 members (excludes halogenated alkanes) is 1. The van der Waals surface area contributed by atoms with E-state index in [0.717, 1.165) is 39.4 Å². The van der Waals surface area contributed by atoms with Crippen LogP contribution >= 0.6 is 0 Å². The first kappa shape index (κ1) is 15.9. The SMILES string of the molecule is CCCNCCCCN(CC)CCOCC. The van der Waals surface area contributed by atoms with E-state index in [0.29, 0.717) is 0 Å². The zero-order valence-electron chi connectivity index (χ0n) is 11.4. The van der Waals surface area contributed by atoms with Gasteiger partial charge in [-0.2, -0.15) is 0 Å². The molecule has 3 heteroatoms. The molecule has 0 atom stereocenters. The lowest BCUT2D eigenvalue weighted by atomic mass is 10.3. The fraction of sp³-hybridized carbons (Fsp3) is 1.00. The van der Waals surface area contributed by atoms with E-state index in [-0.39, 0.29) is 0 Å². The van der Waals surface area contributed by atoms with Crippen LogP contribution in [0, 0.1) is 0 Å². The second kappa shape index (κ2) is 12.9. The van der Waals surface area contributed by atoms with Crippen LogP contribution in [0.4, 0.5) is 0 Å². The Morgan fingerprint density at radius 1 is 1.00 bits per heavy atom. The summed E-state index contributed by atoms with van der Waals surface area (Å²) in [6, 6.07) is 0. The Bertz CT molecular complexity index is 131. The van der Waals surface area contributed by atoms with Gasteiger partial charge in [-0.1, -0.05) is 13.8 Å². The number of hydrogen-bond donors (Lipinski definition) is 1. The molecule has 0 saturated carbocycles. The summed E-state index contributed by atoms with van der Waals surface area (Å²) >= 11 is 0. The predicted molar refractivity (Wildman–Crippen MR) is 71.0 cm³/mol. The summed E-state index contributed by atoms with van der Waals surface area (Å²) in [6.07, 6.45) is 3.80. The minimum absolute atomic E-state index is 0.832. The Kier molecular flexibility index (Phi) is 12.9. The lowest BCUT2D eigenvalue weighted by molar-refractivity contribution is 0.114. The van der Waals surface area contributed by atoms with Crippen LogP contribution in [0.5, 0.6) is 0 Å². The fourth-order valence-electron chi connectivity index (χ4n) is 1.65. The van der Waals surface area contributed by atoms with E-state index >= 15 is 0 Å². The molecular weight excluding hydrogens is 200 g/mol. The lowest BCUT2D eigenvalue weighted by Gasteiger charge is -2.20. The average molecular weight is 230 g/mol. The van der Waals surface area contributed by atoms with Crippen LogP contribution in [0.25, 0.3) is 0 Å². The number of nitrogens with zero attached hydrogens (tertiary/aromatic N) is 1. The van der Waals surface area contributed by atoms with Gasteiger partial charge in [-0.05, 0) is 52.4 Å². The van der Waals surface area contributed by atoms with Crippen molar-refractivity contribution in [1.29, 1.82) is 0 Å². The number of ether oxygens (including phenoxy) is 1. The molecule has 98 valence electrons. The first-order valence-corrected chi connectivity index (χ1v) is 6.85. The Morgan fingerprint density at radius 2 is 1.81 bits per heavy atom. The molecule has 3 nitrogen and oxygen atoms in total. The van der Waals surface area contributed by atoms with Crippen molar-refractivity contribution in [1.82, 2.24) is 10.2 Å². The van der Waals surface area contributed by atoms with Gasteiger partial charge in [0.25, 0.3) is 0 Å². The fourth-order valence-corrected chi connectivity index (χ4v) is 1.65. The molecule has 0 heterocycles. The summed E-state index contributed by atoms with van der Waals surface area (Å²) in [5.74, 6) is 0. The second-order valence-corrected chi connectivity index (χ2v) is 4.09. The summed E-state index contributed by atoms with van der Waals surface area (Å²) in [4.78, 5) is 2.47. The molecule has 0 fully saturated rings. The monoisotopic (exact) mass is 230 g/mol. The van der Waals surface area contributed by atoms with Gasteiger partial charge in [0.05, 0.1) is 6.61 Å². The maximum Gasteiger partial charge on any atom is 0.0593 e. The summed E-state index contributed by atoms with van der Waals surface area (Å²) in [5.41, 5.74) is 0. The van der Waals surface area contributed by atoms with E-state index in [4.69, 9.17) is 4.74 Å². The second-order valence-electron chi connectivity index (χ2n) is 4.09. The van der Waals surface area contributed by atoms with Crippen molar-refractivity contribution in [2.45, 2.75) is 40.0 Å². The molecule has 0 aliphatic heterocycles. The van der Waals surface area contributed by atoms with Crippen LogP contribution in [0.15, 0.2) is 0 Å². The first-order chi connectivity index (χ1) is 7.85. The van der Waals surface area contributed by atoms with Gasteiger partial charge in [-0.25, -0.2) is 0 Å². The smallest absolute Gasteiger partial charge is 0.0593 e. The number of likely N-dealkylation sites (N-methyl/N-ethyl adjacent to an activating group) is 1. The molecule has 0 aliphatic carbocycles. The molecule has 0 amide bonds. The molecule has 0 aliphatic rings. The Hall–Kier alpha value is -0.120. The molecule has 0 rings (SSSR count). The molecule has 0 aromatic heterocycles. The van der Waals surface area contributed by atoms with Crippen LogP contribution in [0.3, 0.4) is 0 Å². The van der Waals surface area contributed by atoms with Gasteiger partial charge in [-0.3, -0.25) is 0 Å². The van der Waals surface area contributed by atoms with Crippen molar-refractivity contribution in [3.63, 3.8) is 0 Å². The van der Waals surface area contributed by atoms with E-state index in [1.165, 1.54) is 25.8 Å². The van der Waals surface area contributed by atoms with Crippen LogP contribution in [-0.2, 0) is 4.74 Å². The van der Waals surface area contributed by atoms with E-state index in [1.807, 2.05) is 0 Å². The number of rotatable bonds is 12. The van der Waals surface area contributed by atoms with Crippen LogP contribution in [-0.4, -0.2) is 50.8 Å². The van der Waals surface area contributed by atoms with Gasteiger partial charge in [0.15, 0.2) is 0 Å². The molecule has 16 heavy (non-hydrogen) atoms. The van der Waals surface area contributed by atoms with Crippen LogP contribution in [0.1, 0.15) is 40.0 Å². The molecule has 0 aromatic carbocycles. The zero-order chi connectivity index (χ0) is 12.1. The minimum Gasteiger partial charge on any atom is -0.380 e. The van der Waals surface area contributed by atoms with E-state index in [1.54, 1.807) is 0 Å². The van der Waals surface area contributed by atoms with Crippen LogP contribution in [0.2, 0.25) is 0 Å². The van der Waals surface area contributed by atoms with Crippen molar-refractivity contribution in [3.05, 3.63) is 0 Å². The molecule has 1 N–H and O–H groups in total. The summed E-state index contributed by atoms with van der Waals surface area (Å²) in [5, 5.41) is 3.44. The Balaban J connectivity index is 3.26. The van der Waals surface area contributed by atoms with Crippen molar-refractivity contribution in [3.8, 4) is 0 Å². The summed E-state index contributed by atoms with van der Waals surface area (Å²) in [7, 11) is 0. The standard InChI is InChI=1S/C13H30N2O/c1-4-9-14-10-7-8-11-15(5-2)12-13-16-6-3/h14H,4-13H2,1-3H3. The maximum atomic E-state index is 5.37. The molecule has 0 aromatic rings. The van der Waals surface area contributed by atoms with Crippen molar-refractivity contribution < 1.29 is 4.74 Å². The quantitative estimate of drug-likeness (QED) is 0.520. The van der Waals surface area contributed by atoms with E-state index in [9.17, 15) is 0 Å². The van der Waals surface area contributed by atoms with Crippen LogP contribution < -0.4 is 5.32 Å². The zero-order valence-corrected chi connectivity index (χ0v) is 11.4. The highest BCUT2D eigenvalue weighted by molar-refractivity contribution is 4.56. The van der Waals surface area contributed by atoms with E-state index in [2.05, 4.69) is 31.0 Å². The third-order valence-electron chi connectivity index (χ3n) is 2.71. The normalized spacial score (nSPS) is 11.2. The van der Waals surface area contributed by atoms with E-state index < -0.39 is 0 Å². The number of nitrogens with one attached hydrogen (secondary N) is 1. The van der Waals surface area contributed by atoms with Gasteiger partial charge in [0.2, 0.25) is 0 Å². The largest absolute Gasteiger partial charge is 0.380 e. The molecule has 0 bridgehead atoms. The Morgan fingerprint density at radius 3 is 2.44 bits per heavy atom. The first-order valence-electron chi connectivity index (χ1n) is 6.85.